The number of nitrogens with one attached hydrogen (secondary N) is 1. The molecule has 2 heterocycles. The predicted molar refractivity (Wildman–Crippen MR) is 111 cm³/mol. The molecule has 0 spiro atoms. The molecule has 0 fully saturated rings. The zero-order valence-corrected chi connectivity index (χ0v) is 15.5. The van der Waals surface area contributed by atoms with Crippen molar-refractivity contribution in [2.45, 2.75) is 0 Å². The lowest BCUT2D eigenvalue weighted by Crippen LogP contribution is -2.39. The van der Waals surface area contributed by atoms with Gasteiger partial charge in [-0.15, -0.1) is 0 Å². The first-order valence-corrected chi connectivity index (χ1v) is 8.94. The van der Waals surface area contributed by atoms with E-state index in [9.17, 15) is 0 Å². The number of nitrogens with two attached hydrogens (primary N) is 1. The van der Waals surface area contributed by atoms with Gasteiger partial charge < -0.3 is 9.47 Å². The highest BCUT2D eigenvalue weighted by atomic mass is 16.5. The summed E-state index contributed by atoms with van der Waals surface area (Å²) in [6, 6.07) is 22.5. The highest BCUT2D eigenvalue weighted by Crippen LogP contribution is 2.29. The molecular formula is C22H19N5O2. The number of benzene rings is 2. The Hall–Kier alpha value is -3.94. The fraction of sp³-hybridized carbons (Fsp3) is 0. The molecule has 0 radical (unpaired) electrons. The third-order valence-corrected chi connectivity index (χ3v) is 4.06. The van der Waals surface area contributed by atoms with E-state index in [0.29, 0.717) is 23.0 Å². The second kappa shape index (κ2) is 8.83. The van der Waals surface area contributed by atoms with Gasteiger partial charge in [-0.2, -0.15) is 5.53 Å². The lowest BCUT2D eigenvalue weighted by Gasteiger charge is -2.23. The number of rotatable bonds is 7. The van der Waals surface area contributed by atoms with Crippen molar-refractivity contribution in [2.75, 3.05) is 5.01 Å². The standard InChI is InChI=1S/C22H19N5O2/c23-26-27(17-5-9-19(10-6-17)28-21-3-1-13-24-15-21)18-7-11-20(12-8-18)29-22-4-2-14-25-16-22/h1-16,26H,23H2. The van der Waals surface area contributed by atoms with Crippen LogP contribution in [0.15, 0.2) is 97.6 Å². The SMILES string of the molecule is NNN(c1ccc(Oc2cccnc2)cc1)c1ccc(Oc2cccnc2)cc1. The largest absolute Gasteiger partial charge is 0.456 e. The minimum absolute atomic E-state index is 0.679. The van der Waals surface area contributed by atoms with Crippen LogP contribution in [0.25, 0.3) is 0 Å². The lowest BCUT2D eigenvalue weighted by atomic mass is 10.2. The fourth-order valence-corrected chi connectivity index (χ4v) is 2.71. The molecule has 0 atom stereocenters. The van der Waals surface area contributed by atoms with Crippen molar-refractivity contribution in [3.63, 3.8) is 0 Å². The van der Waals surface area contributed by atoms with Crippen LogP contribution in [0.1, 0.15) is 0 Å². The van der Waals surface area contributed by atoms with Gasteiger partial charge in [0.25, 0.3) is 0 Å². The van der Waals surface area contributed by atoms with Gasteiger partial charge in [-0.25, -0.2) is 0 Å². The Labute approximate surface area is 168 Å². The molecule has 0 aliphatic rings. The smallest absolute Gasteiger partial charge is 0.145 e. The van der Waals surface area contributed by atoms with Gasteiger partial charge in [0, 0.05) is 12.4 Å². The van der Waals surface area contributed by atoms with Crippen LogP contribution in [0.2, 0.25) is 0 Å². The van der Waals surface area contributed by atoms with E-state index in [1.165, 1.54) is 0 Å². The summed E-state index contributed by atoms with van der Waals surface area (Å²) < 4.78 is 11.5. The third-order valence-electron chi connectivity index (χ3n) is 4.06. The minimum atomic E-state index is 0.679. The Morgan fingerprint density at radius 3 is 1.41 bits per heavy atom. The molecule has 0 aliphatic heterocycles. The molecule has 4 rings (SSSR count). The van der Waals surface area contributed by atoms with Gasteiger partial charge in [-0.05, 0) is 72.8 Å². The molecule has 0 unspecified atom stereocenters. The van der Waals surface area contributed by atoms with Crippen molar-refractivity contribution in [2.24, 2.45) is 5.84 Å². The number of hydrogen-bond acceptors (Lipinski definition) is 7. The van der Waals surface area contributed by atoms with Crippen LogP contribution in [0.5, 0.6) is 23.0 Å². The molecule has 0 saturated heterocycles. The molecular weight excluding hydrogens is 366 g/mol. The van der Waals surface area contributed by atoms with Crippen LogP contribution < -0.4 is 25.9 Å². The molecule has 7 heteroatoms. The Morgan fingerprint density at radius 1 is 0.621 bits per heavy atom. The number of aromatic nitrogens is 2. The Kier molecular flexibility index (Phi) is 5.61. The normalized spacial score (nSPS) is 10.4. The van der Waals surface area contributed by atoms with Crippen molar-refractivity contribution in [1.29, 1.82) is 0 Å². The van der Waals surface area contributed by atoms with Gasteiger partial charge >= 0.3 is 0 Å². The van der Waals surface area contributed by atoms with Gasteiger partial charge in [-0.1, -0.05) is 0 Å². The Balaban J connectivity index is 1.46. The summed E-state index contributed by atoms with van der Waals surface area (Å²) in [7, 11) is 0. The van der Waals surface area contributed by atoms with E-state index in [1.54, 1.807) is 29.8 Å². The molecule has 0 amide bonds. The van der Waals surface area contributed by atoms with E-state index in [1.807, 2.05) is 72.8 Å². The monoisotopic (exact) mass is 385 g/mol. The Bertz CT molecular complexity index is 941. The number of anilines is 2. The summed E-state index contributed by atoms with van der Waals surface area (Å²) in [5, 5.41) is 1.75. The zero-order valence-electron chi connectivity index (χ0n) is 15.5. The third kappa shape index (κ3) is 4.67. The number of pyridine rings is 2. The van der Waals surface area contributed by atoms with Gasteiger partial charge in [-0.3, -0.25) is 20.8 Å². The first-order valence-electron chi connectivity index (χ1n) is 8.94. The predicted octanol–water partition coefficient (Wildman–Crippen LogP) is 4.58. The van der Waals surface area contributed by atoms with Crippen LogP contribution in [-0.4, -0.2) is 9.97 Å². The topological polar surface area (TPSA) is 85.5 Å². The van der Waals surface area contributed by atoms with Crippen LogP contribution in [0, 0.1) is 0 Å². The molecule has 7 nitrogen and oxygen atoms in total. The first-order chi connectivity index (χ1) is 14.3. The highest BCUT2D eigenvalue weighted by Gasteiger charge is 2.09. The van der Waals surface area contributed by atoms with E-state index in [-0.39, 0.29) is 0 Å². The summed E-state index contributed by atoms with van der Waals surface area (Å²) in [5.74, 6) is 8.53. The maximum atomic E-state index is 5.77. The van der Waals surface area contributed by atoms with Crippen molar-refractivity contribution in [3.8, 4) is 23.0 Å². The number of hydrogen-bond donors (Lipinski definition) is 2. The van der Waals surface area contributed by atoms with Crippen LogP contribution in [-0.2, 0) is 0 Å². The van der Waals surface area contributed by atoms with Gasteiger partial charge in [0.05, 0.1) is 23.8 Å². The molecule has 2 aromatic heterocycles. The number of ether oxygens (including phenoxy) is 2. The highest BCUT2D eigenvalue weighted by molar-refractivity contribution is 5.63. The lowest BCUT2D eigenvalue weighted by molar-refractivity contribution is 0.480. The second-order valence-corrected chi connectivity index (χ2v) is 6.03. The van der Waals surface area contributed by atoms with Crippen LogP contribution in [0.3, 0.4) is 0 Å². The average Bonchev–Trinajstić information content (AvgIpc) is 2.78. The minimum Gasteiger partial charge on any atom is -0.456 e. The quantitative estimate of drug-likeness (QED) is 0.356. The average molecular weight is 385 g/mol. The molecule has 144 valence electrons. The maximum Gasteiger partial charge on any atom is 0.145 e. The molecule has 0 aliphatic carbocycles. The van der Waals surface area contributed by atoms with Crippen LogP contribution in [0.4, 0.5) is 11.4 Å². The van der Waals surface area contributed by atoms with Crippen LogP contribution >= 0.6 is 0 Å². The number of hydrazine groups is 2. The summed E-state index contributed by atoms with van der Waals surface area (Å²) in [4.78, 5) is 8.08. The van der Waals surface area contributed by atoms with Crippen molar-refractivity contribution >= 4 is 11.4 Å². The van der Waals surface area contributed by atoms with E-state index in [2.05, 4.69) is 15.5 Å². The molecule has 2 aromatic carbocycles. The van der Waals surface area contributed by atoms with Gasteiger partial charge in [0.2, 0.25) is 0 Å². The molecule has 29 heavy (non-hydrogen) atoms. The molecule has 0 bridgehead atoms. The molecule has 0 saturated carbocycles. The Morgan fingerprint density at radius 2 is 1.07 bits per heavy atom. The molecule has 4 aromatic rings. The van der Waals surface area contributed by atoms with Crippen molar-refractivity contribution in [3.05, 3.63) is 97.6 Å². The summed E-state index contributed by atoms with van der Waals surface area (Å²) in [5.41, 5.74) is 4.41. The van der Waals surface area contributed by atoms with Gasteiger partial charge in [0.15, 0.2) is 0 Å². The van der Waals surface area contributed by atoms with Crippen molar-refractivity contribution in [1.82, 2.24) is 15.5 Å². The number of nitrogens with zero attached hydrogens (tertiary/aromatic N) is 3. The van der Waals surface area contributed by atoms with E-state index >= 15 is 0 Å². The van der Waals surface area contributed by atoms with Crippen molar-refractivity contribution < 1.29 is 9.47 Å². The van der Waals surface area contributed by atoms with E-state index in [4.69, 9.17) is 15.3 Å². The van der Waals surface area contributed by atoms with Gasteiger partial charge in [0.1, 0.15) is 23.0 Å². The zero-order chi connectivity index (χ0) is 19.9. The summed E-state index contributed by atoms with van der Waals surface area (Å²) >= 11 is 0. The maximum absolute atomic E-state index is 5.77. The second-order valence-electron chi connectivity index (χ2n) is 6.03. The molecule has 3 N–H and O–H groups in total. The van der Waals surface area contributed by atoms with E-state index < -0.39 is 0 Å². The summed E-state index contributed by atoms with van der Waals surface area (Å²) in [6.07, 6.45) is 6.73. The fourth-order valence-electron chi connectivity index (χ4n) is 2.71. The summed E-state index contributed by atoms with van der Waals surface area (Å²) in [6.45, 7) is 0. The van der Waals surface area contributed by atoms with E-state index in [0.717, 1.165) is 11.4 Å². The first kappa shape index (κ1) is 18.4.